The van der Waals surface area contributed by atoms with Crippen molar-refractivity contribution in [3.05, 3.63) is 59.6 Å². The van der Waals surface area contributed by atoms with Crippen molar-refractivity contribution in [2.75, 3.05) is 18.5 Å². The van der Waals surface area contributed by atoms with Gasteiger partial charge in [-0.25, -0.2) is 4.39 Å². The number of Topliss-reactive ketones (excluding diaryl/α,β-unsaturated/α-hetero) is 1. The van der Waals surface area contributed by atoms with Crippen LogP contribution in [0.1, 0.15) is 23.0 Å². The van der Waals surface area contributed by atoms with E-state index in [0.717, 1.165) is 11.4 Å². The molecule has 1 heterocycles. The molecule has 0 spiro atoms. The second kappa shape index (κ2) is 6.74. The number of ketones is 1. The second-order valence-corrected chi connectivity index (χ2v) is 5.43. The Morgan fingerprint density at radius 1 is 1.21 bits per heavy atom. The number of fused-ring (bicyclic) bond motifs is 1. The fraction of sp³-hybridized carbons (Fsp3) is 0.211. The molecular weight excluding hydrogens is 309 g/mol. The lowest BCUT2D eigenvalue weighted by molar-refractivity contribution is 0.0981. The van der Waals surface area contributed by atoms with Crippen molar-refractivity contribution in [2.45, 2.75) is 13.8 Å². The van der Waals surface area contributed by atoms with E-state index in [1.165, 1.54) is 18.2 Å². The molecule has 0 unspecified atom stereocenters. The SMILES string of the molecule is CCOc1ccc(NCC(=O)c2oc3ccc(F)cc3c2C)cc1. The van der Waals surface area contributed by atoms with Crippen molar-refractivity contribution in [2.24, 2.45) is 0 Å². The molecule has 2 aromatic carbocycles. The molecule has 1 aromatic heterocycles. The lowest BCUT2D eigenvalue weighted by atomic mass is 10.1. The molecule has 0 aliphatic rings. The van der Waals surface area contributed by atoms with E-state index in [9.17, 15) is 9.18 Å². The molecule has 4 nitrogen and oxygen atoms in total. The Kier molecular flexibility index (Phi) is 4.51. The fourth-order valence-corrected chi connectivity index (χ4v) is 2.56. The molecule has 5 heteroatoms. The van der Waals surface area contributed by atoms with Gasteiger partial charge in [-0.05, 0) is 56.3 Å². The summed E-state index contributed by atoms with van der Waals surface area (Å²) in [5.41, 5.74) is 1.98. The Bertz CT molecular complexity index is 868. The molecule has 0 aliphatic carbocycles. The number of benzene rings is 2. The quantitative estimate of drug-likeness (QED) is 0.674. The lowest BCUT2D eigenvalue weighted by Crippen LogP contribution is -2.14. The van der Waals surface area contributed by atoms with Crippen LogP contribution in [0.15, 0.2) is 46.9 Å². The number of hydrogen-bond donors (Lipinski definition) is 1. The van der Waals surface area contributed by atoms with Crippen molar-refractivity contribution in [1.82, 2.24) is 0 Å². The minimum atomic E-state index is -0.349. The predicted molar refractivity (Wildman–Crippen MR) is 91.3 cm³/mol. The molecule has 0 atom stereocenters. The highest BCUT2D eigenvalue weighted by atomic mass is 19.1. The van der Waals surface area contributed by atoms with E-state index in [1.807, 2.05) is 31.2 Å². The maximum absolute atomic E-state index is 13.3. The van der Waals surface area contributed by atoms with Crippen LogP contribution in [0.5, 0.6) is 5.75 Å². The Morgan fingerprint density at radius 2 is 1.96 bits per heavy atom. The molecular formula is C19H18FNO3. The summed E-state index contributed by atoms with van der Waals surface area (Å²) in [4.78, 5) is 12.4. The van der Waals surface area contributed by atoms with E-state index in [1.54, 1.807) is 6.92 Å². The molecule has 24 heavy (non-hydrogen) atoms. The molecule has 0 fully saturated rings. The first-order valence-electron chi connectivity index (χ1n) is 7.77. The number of carbonyl (C=O) groups is 1. The standard InChI is InChI=1S/C19H18FNO3/c1-3-23-15-7-5-14(6-8-15)21-11-17(22)19-12(2)16-10-13(20)4-9-18(16)24-19/h4-10,21H,3,11H2,1-2H3. The van der Waals surface area contributed by atoms with Crippen molar-refractivity contribution < 1.29 is 18.3 Å². The average Bonchev–Trinajstić information content (AvgIpc) is 2.91. The summed E-state index contributed by atoms with van der Waals surface area (Å²) >= 11 is 0. The van der Waals surface area contributed by atoms with Gasteiger partial charge in [-0.2, -0.15) is 0 Å². The van der Waals surface area contributed by atoms with Crippen LogP contribution in [-0.4, -0.2) is 18.9 Å². The van der Waals surface area contributed by atoms with Crippen LogP contribution in [0, 0.1) is 12.7 Å². The summed E-state index contributed by atoms with van der Waals surface area (Å²) in [5, 5.41) is 3.68. The number of aryl methyl sites for hydroxylation is 1. The number of nitrogens with one attached hydrogen (secondary N) is 1. The molecule has 0 amide bonds. The van der Waals surface area contributed by atoms with Crippen LogP contribution < -0.4 is 10.1 Å². The fourth-order valence-electron chi connectivity index (χ4n) is 2.56. The average molecular weight is 327 g/mol. The largest absolute Gasteiger partial charge is 0.494 e. The van der Waals surface area contributed by atoms with Crippen molar-refractivity contribution in [3.63, 3.8) is 0 Å². The Hall–Kier alpha value is -2.82. The van der Waals surface area contributed by atoms with Gasteiger partial charge in [-0.3, -0.25) is 4.79 Å². The summed E-state index contributed by atoms with van der Waals surface area (Å²) in [6.07, 6.45) is 0. The van der Waals surface area contributed by atoms with E-state index in [0.29, 0.717) is 23.1 Å². The third-order valence-electron chi connectivity index (χ3n) is 3.77. The van der Waals surface area contributed by atoms with Crippen molar-refractivity contribution in [3.8, 4) is 5.75 Å². The number of hydrogen-bond acceptors (Lipinski definition) is 4. The first-order chi connectivity index (χ1) is 11.6. The lowest BCUT2D eigenvalue weighted by Gasteiger charge is -2.07. The third kappa shape index (κ3) is 3.25. The summed E-state index contributed by atoms with van der Waals surface area (Å²) in [5.74, 6) is 0.509. The minimum Gasteiger partial charge on any atom is -0.494 e. The maximum Gasteiger partial charge on any atom is 0.217 e. The number of anilines is 1. The van der Waals surface area contributed by atoms with E-state index in [2.05, 4.69) is 5.32 Å². The molecule has 0 aliphatic heterocycles. The van der Waals surface area contributed by atoms with Crippen LogP contribution in [0.4, 0.5) is 10.1 Å². The van der Waals surface area contributed by atoms with Gasteiger partial charge in [0.2, 0.25) is 5.78 Å². The van der Waals surface area contributed by atoms with Gasteiger partial charge in [0, 0.05) is 16.6 Å². The third-order valence-corrected chi connectivity index (χ3v) is 3.77. The zero-order valence-corrected chi connectivity index (χ0v) is 13.6. The number of halogens is 1. The Labute approximate surface area is 139 Å². The summed E-state index contributed by atoms with van der Waals surface area (Å²) in [6, 6.07) is 11.6. The number of rotatable bonds is 6. The zero-order valence-electron chi connectivity index (χ0n) is 13.6. The molecule has 1 N–H and O–H groups in total. The molecule has 0 saturated heterocycles. The first kappa shape index (κ1) is 16.1. The Morgan fingerprint density at radius 3 is 2.67 bits per heavy atom. The maximum atomic E-state index is 13.3. The van der Waals surface area contributed by atoms with Crippen molar-refractivity contribution >= 4 is 22.4 Å². The minimum absolute atomic E-state index is 0.0944. The van der Waals surface area contributed by atoms with Crippen LogP contribution in [0.3, 0.4) is 0 Å². The van der Waals surface area contributed by atoms with E-state index < -0.39 is 0 Å². The first-order valence-corrected chi connectivity index (χ1v) is 7.77. The van der Waals surface area contributed by atoms with Gasteiger partial charge in [0.1, 0.15) is 17.1 Å². The van der Waals surface area contributed by atoms with Crippen LogP contribution in [0.2, 0.25) is 0 Å². The van der Waals surface area contributed by atoms with E-state index in [-0.39, 0.29) is 23.9 Å². The van der Waals surface area contributed by atoms with Gasteiger partial charge in [0.15, 0.2) is 5.76 Å². The van der Waals surface area contributed by atoms with Crippen LogP contribution in [0.25, 0.3) is 11.0 Å². The van der Waals surface area contributed by atoms with Gasteiger partial charge in [-0.1, -0.05) is 0 Å². The number of furan rings is 1. The molecule has 0 bridgehead atoms. The smallest absolute Gasteiger partial charge is 0.217 e. The van der Waals surface area contributed by atoms with E-state index in [4.69, 9.17) is 9.15 Å². The highest BCUT2D eigenvalue weighted by Crippen LogP contribution is 2.26. The Balaban J connectivity index is 1.72. The summed E-state index contributed by atoms with van der Waals surface area (Å²) in [6.45, 7) is 4.38. The van der Waals surface area contributed by atoms with Gasteiger partial charge in [0.05, 0.1) is 13.2 Å². The van der Waals surface area contributed by atoms with Gasteiger partial charge in [-0.15, -0.1) is 0 Å². The molecule has 3 aromatic rings. The zero-order chi connectivity index (χ0) is 17.1. The monoisotopic (exact) mass is 327 g/mol. The summed E-state index contributed by atoms with van der Waals surface area (Å²) in [7, 11) is 0. The van der Waals surface area contributed by atoms with Crippen LogP contribution in [-0.2, 0) is 0 Å². The summed E-state index contributed by atoms with van der Waals surface area (Å²) < 4.78 is 24.3. The van der Waals surface area contributed by atoms with Crippen molar-refractivity contribution in [1.29, 1.82) is 0 Å². The molecule has 0 saturated carbocycles. The van der Waals surface area contributed by atoms with Gasteiger partial charge >= 0.3 is 0 Å². The van der Waals surface area contributed by atoms with E-state index >= 15 is 0 Å². The number of ether oxygens (including phenoxy) is 1. The second-order valence-electron chi connectivity index (χ2n) is 5.43. The molecule has 0 radical (unpaired) electrons. The van der Waals surface area contributed by atoms with Crippen LogP contribution >= 0.6 is 0 Å². The highest BCUT2D eigenvalue weighted by Gasteiger charge is 2.17. The molecule has 3 rings (SSSR count). The normalized spacial score (nSPS) is 10.8. The predicted octanol–water partition coefficient (Wildman–Crippen LogP) is 4.57. The molecule has 124 valence electrons. The highest BCUT2D eigenvalue weighted by molar-refractivity contribution is 6.02. The van der Waals surface area contributed by atoms with Gasteiger partial charge in [0.25, 0.3) is 0 Å². The topological polar surface area (TPSA) is 51.5 Å². The number of carbonyl (C=O) groups excluding carboxylic acids is 1. The van der Waals surface area contributed by atoms with Gasteiger partial charge < -0.3 is 14.5 Å².